The van der Waals surface area contributed by atoms with Gasteiger partial charge in [0.05, 0.1) is 5.69 Å². The van der Waals surface area contributed by atoms with Crippen molar-refractivity contribution in [2.75, 3.05) is 13.1 Å². The molecule has 1 fully saturated rings. The number of nitrogens with zero attached hydrogens (tertiary/aromatic N) is 2. The van der Waals surface area contributed by atoms with Gasteiger partial charge in [-0.05, 0) is 44.8 Å². The Morgan fingerprint density at radius 3 is 2.67 bits per heavy atom. The van der Waals surface area contributed by atoms with Gasteiger partial charge in [0.15, 0.2) is 0 Å². The molecule has 3 nitrogen and oxygen atoms in total. The standard InChI is InChI=1S/C12H21N3/c1-4-11-9(2)15(3)14-12(11)10-5-7-13-8-6-10/h10,13H,4-8H2,1-3H3. The first kappa shape index (κ1) is 10.7. The predicted molar refractivity (Wildman–Crippen MR) is 62.2 cm³/mol. The SMILES string of the molecule is CCc1c(C2CCNCC2)nn(C)c1C. The van der Waals surface area contributed by atoms with Crippen molar-refractivity contribution in [3.63, 3.8) is 0 Å². The molecule has 1 N–H and O–H groups in total. The zero-order chi connectivity index (χ0) is 10.8. The quantitative estimate of drug-likeness (QED) is 0.801. The molecule has 0 saturated carbocycles. The van der Waals surface area contributed by atoms with Crippen LogP contribution in [0.15, 0.2) is 0 Å². The highest BCUT2D eigenvalue weighted by Crippen LogP contribution is 2.28. The van der Waals surface area contributed by atoms with Crippen LogP contribution in [-0.2, 0) is 13.5 Å². The normalized spacial score (nSPS) is 18.3. The summed E-state index contributed by atoms with van der Waals surface area (Å²) >= 11 is 0. The fourth-order valence-electron chi connectivity index (χ4n) is 2.54. The lowest BCUT2D eigenvalue weighted by molar-refractivity contribution is 0.448. The summed E-state index contributed by atoms with van der Waals surface area (Å²) in [5, 5.41) is 8.10. The van der Waals surface area contributed by atoms with Gasteiger partial charge >= 0.3 is 0 Å². The lowest BCUT2D eigenvalue weighted by Gasteiger charge is -2.21. The van der Waals surface area contributed by atoms with Crippen LogP contribution in [0.5, 0.6) is 0 Å². The average molecular weight is 207 g/mol. The van der Waals surface area contributed by atoms with Gasteiger partial charge in [-0.25, -0.2) is 0 Å². The number of hydrogen-bond donors (Lipinski definition) is 1. The Balaban J connectivity index is 2.29. The second kappa shape index (κ2) is 4.35. The van der Waals surface area contributed by atoms with Crippen molar-refractivity contribution in [3.8, 4) is 0 Å². The van der Waals surface area contributed by atoms with E-state index in [1.165, 1.54) is 29.8 Å². The Hall–Kier alpha value is -0.830. The molecule has 15 heavy (non-hydrogen) atoms. The monoisotopic (exact) mass is 207 g/mol. The van der Waals surface area contributed by atoms with E-state index in [4.69, 9.17) is 5.10 Å². The summed E-state index contributed by atoms with van der Waals surface area (Å²) in [7, 11) is 2.05. The Morgan fingerprint density at radius 2 is 2.07 bits per heavy atom. The molecular weight excluding hydrogens is 186 g/mol. The summed E-state index contributed by atoms with van der Waals surface area (Å²) in [6.07, 6.45) is 3.59. The molecule has 1 aromatic heterocycles. The van der Waals surface area contributed by atoms with E-state index < -0.39 is 0 Å². The van der Waals surface area contributed by atoms with Crippen LogP contribution in [0.4, 0.5) is 0 Å². The number of aryl methyl sites for hydroxylation is 1. The van der Waals surface area contributed by atoms with Crippen LogP contribution in [0, 0.1) is 6.92 Å². The average Bonchev–Trinajstić information content (AvgIpc) is 2.56. The lowest BCUT2D eigenvalue weighted by Crippen LogP contribution is -2.27. The van der Waals surface area contributed by atoms with Crippen molar-refractivity contribution in [1.82, 2.24) is 15.1 Å². The van der Waals surface area contributed by atoms with Crippen molar-refractivity contribution in [2.24, 2.45) is 7.05 Å². The molecule has 0 amide bonds. The van der Waals surface area contributed by atoms with Crippen molar-refractivity contribution >= 4 is 0 Å². The third-order valence-corrected chi connectivity index (χ3v) is 3.57. The molecule has 0 bridgehead atoms. The van der Waals surface area contributed by atoms with Gasteiger partial charge in [0.2, 0.25) is 0 Å². The minimum Gasteiger partial charge on any atom is -0.317 e. The third kappa shape index (κ3) is 1.93. The Kier molecular flexibility index (Phi) is 3.10. The predicted octanol–water partition coefficient (Wildman–Crippen LogP) is 1.76. The molecule has 3 heteroatoms. The Labute approximate surface area is 91.9 Å². The van der Waals surface area contributed by atoms with Crippen molar-refractivity contribution in [2.45, 2.75) is 39.0 Å². The second-order valence-corrected chi connectivity index (χ2v) is 4.45. The summed E-state index contributed by atoms with van der Waals surface area (Å²) in [6.45, 7) is 6.69. The molecule has 0 radical (unpaired) electrons. The Morgan fingerprint density at radius 1 is 1.40 bits per heavy atom. The van der Waals surface area contributed by atoms with E-state index in [1.807, 2.05) is 4.68 Å². The zero-order valence-electron chi connectivity index (χ0n) is 10.0. The Bertz CT molecular complexity index is 335. The maximum Gasteiger partial charge on any atom is 0.0690 e. The largest absolute Gasteiger partial charge is 0.317 e. The molecule has 0 unspecified atom stereocenters. The van der Waals surface area contributed by atoms with Gasteiger partial charge in [-0.3, -0.25) is 4.68 Å². The number of hydrogen-bond acceptors (Lipinski definition) is 2. The topological polar surface area (TPSA) is 29.9 Å². The van der Waals surface area contributed by atoms with Gasteiger partial charge in [-0.2, -0.15) is 5.10 Å². The molecule has 1 saturated heterocycles. The minimum absolute atomic E-state index is 0.682. The highest BCUT2D eigenvalue weighted by atomic mass is 15.3. The van der Waals surface area contributed by atoms with E-state index in [1.54, 1.807) is 0 Å². The van der Waals surface area contributed by atoms with E-state index in [0.29, 0.717) is 5.92 Å². The first-order valence-electron chi connectivity index (χ1n) is 5.97. The van der Waals surface area contributed by atoms with E-state index in [-0.39, 0.29) is 0 Å². The van der Waals surface area contributed by atoms with Gasteiger partial charge in [-0.1, -0.05) is 6.92 Å². The minimum atomic E-state index is 0.682. The maximum absolute atomic E-state index is 4.69. The third-order valence-electron chi connectivity index (χ3n) is 3.57. The van der Waals surface area contributed by atoms with Crippen LogP contribution < -0.4 is 5.32 Å². The highest BCUT2D eigenvalue weighted by molar-refractivity contribution is 5.28. The molecule has 0 spiro atoms. The van der Waals surface area contributed by atoms with Crippen molar-refractivity contribution in [3.05, 3.63) is 17.0 Å². The van der Waals surface area contributed by atoms with Crippen molar-refractivity contribution in [1.29, 1.82) is 0 Å². The van der Waals surface area contributed by atoms with Gasteiger partial charge < -0.3 is 5.32 Å². The summed E-state index contributed by atoms with van der Waals surface area (Å²) in [5.74, 6) is 0.682. The smallest absolute Gasteiger partial charge is 0.0690 e. The molecule has 2 rings (SSSR count). The van der Waals surface area contributed by atoms with E-state index in [9.17, 15) is 0 Å². The zero-order valence-corrected chi connectivity index (χ0v) is 10.0. The van der Waals surface area contributed by atoms with Crippen LogP contribution in [0.1, 0.15) is 42.6 Å². The molecule has 1 aliphatic rings. The molecular formula is C12H21N3. The molecule has 1 aromatic rings. The lowest BCUT2D eigenvalue weighted by atomic mass is 9.91. The van der Waals surface area contributed by atoms with Gasteiger partial charge in [0.25, 0.3) is 0 Å². The van der Waals surface area contributed by atoms with Gasteiger partial charge in [0, 0.05) is 18.7 Å². The van der Waals surface area contributed by atoms with Crippen LogP contribution in [0.3, 0.4) is 0 Å². The molecule has 1 aliphatic heterocycles. The van der Waals surface area contributed by atoms with Crippen LogP contribution in [0.2, 0.25) is 0 Å². The van der Waals surface area contributed by atoms with E-state index >= 15 is 0 Å². The van der Waals surface area contributed by atoms with E-state index in [0.717, 1.165) is 19.5 Å². The summed E-state index contributed by atoms with van der Waals surface area (Å²) in [5.41, 5.74) is 4.18. The number of nitrogens with one attached hydrogen (secondary N) is 1. The van der Waals surface area contributed by atoms with Crippen LogP contribution >= 0.6 is 0 Å². The molecule has 2 heterocycles. The first-order valence-corrected chi connectivity index (χ1v) is 5.97. The number of piperidine rings is 1. The first-order chi connectivity index (χ1) is 7.24. The second-order valence-electron chi connectivity index (χ2n) is 4.45. The molecule has 0 atom stereocenters. The number of aromatic nitrogens is 2. The van der Waals surface area contributed by atoms with Crippen molar-refractivity contribution < 1.29 is 0 Å². The van der Waals surface area contributed by atoms with Gasteiger partial charge in [0.1, 0.15) is 0 Å². The molecule has 0 aromatic carbocycles. The number of rotatable bonds is 2. The fourth-order valence-corrected chi connectivity index (χ4v) is 2.54. The van der Waals surface area contributed by atoms with Crippen LogP contribution in [-0.4, -0.2) is 22.9 Å². The summed E-state index contributed by atoms with van der Waals surface area (Å²) in [4.78, 5) is 0. The molecule has 0 aliphatic carbocycles. The van der Waals surface area contributed by atoms with Gasteiger partial charge in [-0.15, -0.1) is 0 Å². The summed E-state index contributed by atoms with van der Waals surface area (Å²) < 4.78 is 2.04. The van der Waals surface area contributed by atoms with Crippen LogP contribution in [0.25, 0.3) is 0 Å². The fraction of sp³-hybridized carbons (Fsp3) is 0.750. The van der Waals surface area contributed by atoms with E-state index in [2.05, 4.69) is 26.2 Å². The summed E-state index contributed by atoms with van der Waals surface area (Å²) in [6, 6.07) is 0. The highest BCUT2D eigenvalue weighted by Gasteiger charge is 2.22. The maximum atomic E-state index is 4.69. The molecule has 84 valence electrons.